The summed E-state index contributed by atoms with van der Waals surface area (Å²) in [6, 6.07) is 18.0. The van der Waals surface area contributed by atoms with Gasteiger partial charge in [-0.2, -0.15) is 0 Å². The Morgan fingerprint density at radius 2 is 1.83 bits per heavy atom. The first-order valence-electron chi connectivity index (χ1n) is 9.21. The van der Waals surface area contributed by atoms with E-state index in [2.05, 4.69) is 40.1 Å². The number of oxazole rings is 1. The number of anilines is 1. The molecule has 0 aliphatic rings. The average Bonchev–Trinajstić information content (AvgIpc) is 3.13. The van der Waals surface area contributed by atoms with Gasteiger partial charge in [0.1, 0.15) is 11.3 Å². The third-order valence-corrected chi connectivity index (χ3v) is 5.31. The molecule has 0 aliphatic heterocycles. The van der Waals surface area contributed by atoms with Crippen LogP contribution in [0.15, 0.2) is 69.6 Å². The van der Waals surface area contributed by atoms with E-state index in [1.165, 1.54) is 5.56 Å². The van der Waals surface area contributed by atoms with E-state index in [1.807, 2.05) is 24.3 Å². The number of carbonyl (C=O) groups excluding carboxylic acids is 1. The van der Waals surface area contributed by atoms with Crippen LogP contribution in [-0.2, 0) is 0 Å². The summed E-state index contributed by atoms with van der Waals surface area (Å²) >= 11 is 3.29. The van der Waals surface area contributed by atoms with Gasteiger partial charge < -0.3 is 14.8 Å². The number of aromatic nitrogens is 1. The van der Waals surface area contributed by atoms with Crippen LogP contribution >= 0.6 is 15.9 Å². The van der Waals surface area contributed by atoms with Gasteiger partial charge in [0.15, 0.2) is 5.58 Å². The number of nitrogens with one attached hydrogen (secondary N) is 1. The third kappa shape index (κ3) is 4.03. The lowest BCUT2D eigenvalue weighted by Gasteiger charge is -2.08. The molecule has 29 heavy (non-hydrogen) atoms. The Kier molecular flexibility index (Phi) is 5.11. The van der Waals surface area contributed by atoms with Crippen molar-refractivity contribution in [3.05, 3.63) is 76.3 Å². The number of rotatable bonds is 4. The molecule has 1 aromatic heterocycles. The van der Waals surface area contributed by atoms with Crippen LogP contribution < -0.4 is 5.32 Å². The minimum atomic E-state index is -0.175. The summed E-state index contributed by atoms with van der Waals surface area (Å²) in [6.07, 6.45) is 0. The van der Waals surface area contributed by atoms with Crippen molar-refractivity contribution in [2.75, 3.05) is 5.32 Å². The Balaban J connectivity index is 1.57. The third-order valence-electron chi connectivity index (χ3n) is 4.68. The highest BCUT2D eigenvalue weighted by Crippen LogP contribution is 2.31. The van der Waals surface area contributed by atoms with Gasteiger partial charge in [-0.1, -0.05) is 26.0 Å². The highest BCUT2D eigenvalue weighted by molar-refractivity contribution is 9.10. The largest absolute Gasteiger partial charge is 0.507 e. The number of aromatic hydroxyl groups is 1. The molecule has 6 heteroatoms. The number of phenols is 1. The van der Waals surface area contributed by atoms with Gasteiger partial charge in [0.25, 0.3) is 5.91 Å². The minimum absolute atomic E-state index is 0.149. The number of fused-ring (bicyclic) bond motifs is 1. The SMILES string of the molecule is CC(C)c1ccc(C(=O)Nc2ccc3oc(-c4ccc(O)c(Br)c4)nc3c2)cc1. The monoisotopic (exact) mass is 450 g/mol. The van der Waals surface area contributed by atoms with E-state index >= 15 is 0 Å². The zero-order valence-corrected chi connectivity index (χ0v) is 17.5. The zero-order chi connectivity index (χ0) is 20.5. The molecule has 146 valence electrons. The lowest BCUT2D eigenvalue weighted by atomic mass is 10.0. The van der Waals surface area contributed by atoms with Crippen molar-refractivity contribution in [1.29, 1.82) is 0 Å². The van der Waals surface area contributed by atoms with E-state index < -0.39 is 0 Å². The maximum Gasteiger partial charge on any atom is 0.255 e. The summed E-state index contributed by atoms with van der Waals surface area (Å²) in [4.78, 5) is 17.0. The number of halogens is 1. The number of nitrogens with zero attached hydrogens (tertiary/aromatic N) is 1. The Morgan fingerprint density at radius 3 is 2.52 bits per heavy atom. The molecule has 4 aromatic rings. The van der Waals surface area contributed by atoms with Gasteiger partial charge in [0.05, 0.1) is 4.47 Å². The predicted molar refractivity (Wildman–Crippen MR) is 117 cm³/mol. The molecule has 0 fully saturated rings. The molecule has 0 saturated carbocycles. The molecule has 0 radical (unpaired) electrons. The Bertz CT molecular complexity index is 1200. The fraction of sp³-hybridized carbons (Fsp3) is 0.130. The van der Waals surface area contributed by atoms with Crippen LogP contribution in [0.3, 0.4) is 0 Å². The van der Waals surface area contributed by atoms with Crippen molar-refractivity contribution in [2.45, 2.75) is 19.8 Å². The van der Waals surface area contributed by atoms with Gasteiger partial charge in [-0.3, -0.25) is 4.79 Å². The van der Waals surface area contributed by atoms with E-state index in [4.69, 9.17) is 4.42 Å². The van der Waals surface area contributed by atoms with Gasteiger partial charge in [0, 0.05) is 16.8 Å². The lowest BCUT2D eigenvalue weighted by Crippen LogP contribution is -2.11. The quantitative estimate of drug-likeness (QED) is 0.380. The summed E-state index contributed by atoms with van der Waals surface area (Å²) in [5, 5.41) is 12.6. The second-order valence-corrected chi connectivity index (χ2v) is 7.95. The maximum absolute atomic E-state index is 12.5. The Labute approximate surface area is 176 Å². The standard InChI is InChI=1S/C23H19BrN2O3/c1-13(2)14-3-5-15(6-4-14)22(28)25-17-8-10-21-19(12-17)26-23(29-21)16-7-9-20(27)18(24)11-16/h3-13,27H,1-2H3,(H,25,28). The summed E-state index contributed by atoms with van der Waals surface area (Å²) in [7, 11) is 0. The zero-order valence-electron chi connectivity index (χ0n) is 15.9. The van der Waals surface area contributed by atoms with Gasteiger partial charge in [-0.05, 0) is 75.9 Å². The molecule has 1 heterocycles. The van der Waals surface area contributed by atoms with Crippen LogP contribution in [0.5, 0.6) is 5.75 Å². The lowest BCUT2D eigenvalue weighted by molar-refractivity contribution is 0.102. The second-order valence-electron chi connectivity index (χ2n) is 7.10. The average molecular weight is 451 g/mol. The second kappa shape index (κ2) is 7.72. The molecule has 0 spiro atoms. The van der Waals surface area contributed by atoms with Crippen molar-refractivity contribution in [1.82, 2.24) is 4.98 Å². The summed E-state index contributed by atoms with van der Waals surface area (Å²) < 4.78 is 6.37. The number of hydrogen-bond acceptors (Lipinski definition) is 4. The molecule has 1 amide bonds. The Hall–Kier alpha value is -3.12. The molecular weight excluding hydrogens is 432 g/mol. The number of carbonyl (C=O) groups is 1. The van der Waals surface area contributed by atoms with Gasteiger partial charge >= 0.3 is 0 Å². The molecule has 4 rings (SSSR count). The summed E-state index contributed by atoms with van der Waals surface area (Å²) in [6.45, 7) is 4.24. The summed E-state index contributed by atoms with van der Waals surface area (Å²) in [5.41, 5.74) is 4.42. The Morgan fingerprint density at radius 1 is 1.07 bits per heavy atom. The normalized spacial score (nSPS) is 11.2. The molecule has 5 nitrogen and oxygen atoms in total. The molecule has 0 aliphatic carbocycles. The smallest absolute Gasteiger partial charge is 0.255 e. The fourth-order valence-corrected chi connectivity index (χ4v) is 3.37. The number of phenolic OH excluding ortho intramolecular Hbond substituents is 1. The first-order chi connectivity index (χ1) is 13.9. The van der Waals surface area contributed by atoms with Crippen LogP contribution in [0.1, 0.15) is 35.7 Å². The maximum atomic E-state index is 12.5. The number of hydrogen-bond donors (Lipinski definition) is 2. The minimum Gasteiger partial charge on any atom is -0.507 e. The predicted octanol–water partition coefficient (Wildman–Crippen LogP) is 6.34. The van der Waals surface area contributed by atoms with E-state index in [0.29, 0.717) is 38.6 Å². The molecule has 3 aromatic carbocycles. The van der Waals surface area contributed by atoms with Crippen LogP contribution in [0.25, 0.3) is 22.6 Å². The number of amides is 1. The first kappa shape index (κ1) is 19.2. The van der Waals surface area contributed by atoms with Crippen molar-refractivity contribution in [3.63, 3.8) is 0 Å². The highest BCUT2D eigenvalue weighted by atomic mass is 79.9. The molecule has 0 bridgehead atoms. The van der Waals surface area contributed by atoms with Crippen molar-refractivity contribution in [2.24, 2.45) is 0 Å². The highest BCUT2D eigenvalue weighted by Gasteiger charge is 2.12. The van der Waals surface area contributed by atoms with Crippen molar-refractivity contribution >= 4 is 38.6 Å². The van der Waals surface area contributed by atoms with E-state index in [9.17, 15) is 9.90 Å². The van der Waals surface area contributed by atoms with Crippen LogP contribution in [0.4, 0.5) is 5.69 Å². The topological polar surface area (TPSA) is 75.4 Å². The summed E-state index contributed by atoms with van der Waals surface area (Å²) in [5.74, 6) is 0.834. The van der Waals surface area contributed by atoms with E-state index in [1.54, 1.807) is 36.4 Å². The van der Waals surface area contributed by atoms with Crippen LogP contribution in [0, 0.1) is 0 Å². The molecule has 2 N–H and O–H groups in total. The van der Waals surface area contributed by atoms with Gasteiger partial charge in [-0.25, -0.2) is 4.98 Å². The van der Waals surface area contributed by atoms with E-state index in [-0.39, 0.29) is 11.7 Å². The first-order valence-corrected chi connectivity index (χ1v) is 10.0. The van der Waals surface area contributed by atoms with Gasteiger partial charge in [-0.15, -0.1) is 0 Å². The fourth-order valence-electron chi connectivity index (χ4n) is 2.99. The van der Waals surface area contributed by atoms with Gasteiger partial charge in [0.2, 0.25) is 5.89 Å². The molecule has 0 saturated heterocycles. The molecular formula is C23H19BrN2O3. The van der Waals surface area contributed by atoms with E-state index in [0.717, 1.165) is 5.56 Å². The molecule has 0 unspecified atom stereocenters. The van der Waals surface area contributed by atoms with Crippen molar-refractivity contribution < 1.29 is 14.3 Å². The molecule has 0 atom stereocenters. The van der Waals surface area contributed by atoms with Crippen LogP contribution in [-0.4, -0.2) is 16.0 Å². The van der Waals surface area contributed by atoms with Crippen molar-refractivity contribution in [3.8, 4) is 17.2 Å². The van der Waals surface area contributed by atoms with Crippen LogP contribution in [0.2, 0.25) is 0 Å². The number of benzene rings is 3.